The number of hydrogen-bond donors (Lipinski definition) is 1. The van der Waals surface area contributed by atoms with Crippen LogP contribution >= 0.6 is 46.0 Å². The molecule has 214 valence electrons. The first kappa shape index (κ1) is 31.3. The highest BCUT2D eigenvalue weighted by molar-refractivity contribution is 8.00. The number of ether oxygens (including phenoxy) is 3. The van der Waals surface area contributed by atoms with Crippen molar-refractivity contribution in [1.82, 2.24) is 4.57 Å². The largest absolute Gasteiger partial charge is 0.468 e. The van der Waals surface area contributed by atoms with Crippen molar-refractivity contribution in [2.45, 2.75) is 27.3 Å². The lowest BCUT2D eigenvalue weighted by Gasteiger charge is -2.07. The van der Waals surface area contributed by atoms with Gasteiger partial charge >= 0.3 is 17.9 Å². The number of fused-ring (bicyclic) bond motifs is 1. The van der Waals surface area contributed by atoms with E-state index in [4.69, 9.17) is 25.8 Å². The van der Waals surface area contributed by atoms with Gasteiger partial charge in [0.05, 0.1) is 47.6 Å². The van der Waals surface area contributed by atoms with Gasteiger partial charge in [-0.3, -0.25) is 14.4 Å². The quantitative estimate of drug-likeness (QED) is 0.246. The van der Waals surface area contributed by atoms with Gasteiger partial charge in [-0.1, -0.05) is 22.9 Å². The summed E-state index contributed by atoms with van der Waals surface area (Å²) in [6.45, 7) is 5.01. The molecular weight excluding hydrogens is 602 g/mol. The van der Waals surface area contributed by atoms with Crippen molar-refractivity contribution >= 4 is 91.0 Å². The van der Waals surface area contributed by atoms with Gasteiger partial charge in [0.25, 0.3) is 5.91 Å². The fourth-order valence-electron chi connectivity index (χ4n) is 3.45. The van der Waals surface area contributed by atoms with Gasteiger partial charge in [-0.2, -0.15) is 4.99 Å². The van der Waals surface area contributed by atoms with Crippen LogP contribution < -0.4 is 10.1 Å². The van der Waals surface area contributed by atoms with E-state index in [1.807, 2.05) is 0 Å². The second-order valence-corrected chi connectivity index (χ2v) is 11.4. The first-order valence-electron chi connectivity index (χ1n) is 11.9. The number of thioether (sulfide) groups is 1. The van der Waals surface area contributed by atoms with Crippen LogP contribution in [0.1, 0.15) is 39.4 Å². The summed E-state index contributed by atoms with van der Waals surface area (Å²) in [5.74, 6) is -3.04. The average molecular weight is 628 g/mol. The molecular formula is C25H26ClN3O8S3. The molecule has 0 radical (unpaired) electrons. The van der Waals surface area contributed by atoms with Gasteiger partial charge in [-0.25, -0.2) is 9.59 Å². The predicted octanol–water partition coefficient (Wildman–Crippen LogP) is 4.05. The number of carbonyl (C=O) groups excluding carboxylic acids is 5. The SMILES string of the molecule is CCOC(=O)c1sc(NC(=O)CSCC(=O)N=c2sc3cc(Cl)ccc3n2CC(=O)OC)c(C(=O)OCC)c1C. The Hall–Kier alpha value is -3.20. The van der Waals surface area contributed by atoms with Gasteiger partial charge in [-0.05, 0) is 44.5 Å². The van der Waals surface area contributed by atoms with E-state index in [-0.39, 0.29) is 51.5 Å². The number of nitrogens with zero attached hydrogens (tertiary/aromatic N) is 2. The molecule has 1 aromatic carbocycles. The smallest absolute Gasteiger partial charge is 0.348 e. The summed E-state index contributed by atoms with van der Waals surface area (Å²) < 4.78 is 17.2. The fraction of sp³-hybridized carbons (Fsp3) is 0.360. The third kappa shape index (κ3) is 7.71. The van der Waals surface area contributed by atoms with E-state index >= 15 is 0 Å². The average Bonchev–Trinajstić information content (AvgIpc) is 3.39. The maximum atomic E-state index is 12.7. The summed E-state index contributed by atoms with van der Waals surface area (Å²) in [5.41, 5.74) is 1.10. The van der Waals surface area contributed by atoms with Crippen LogP contribution in [0.4, 0.5) is 5.00 Å². The summed E-state index contributed by atoms with van der Waals surface area (Å²) in [7, 11) is 1.27. The highest BCUT2D eigenvalue weighted by atomic mass is 35.5. The van der Waals surface area contributed by atoms with Crippen LogP contribution in [-0.4, -0.2) is 66.1 Å². The third-order valence-electron chi connectivity index (χ3n) is 5.18. The second kappa shape index (κ2) is 14.4. The maximum Gasteiger partial charge on any atom is 0.348 e. The minimum atomic E-state index is -0.673. The van der Waals surface area contributed by atoms with Crippen molar-refractivity contribution in [3.05, 3.63) is 44.0 Å². The van der Waals surface area contributed by atoms with Gasteiger partial charge < -0.3 is 24.1 Å². The summed E-state index contributed by atoms with van der Waals surface area (Å²) in [6, 6.07) is 5.11. The summed E-state index contributed by atoms with van der Waals surface area (Å²) >= 11 is 9.20. The van der Waals surface area contributed by atoms with E-state index in [1.165, 1.54) is 18.4 Å². The first-order valence-corrected chi connectivity index (χ1v) is 15.0. The first-order chi connectivity index (χ1) is 19.1. The molecule has 0 saturated heterocycles. The van der Waals surface area contributed by atoms with Crippen LogP contribution in [0.2, 0.25) is 5.02 Å². The Morgan fingerprint density at radius 1 is 1.05 bits per heavy atom. The number of esters is 3. The zero-order valence-electron chi connectivity index (χ0n) is 22.0. The van der Waals surface area contributed by atoms with Crippen LogP contribution in [0.5, 0.6) is 0 Å². The van der Waals surface area contributed by atoms with Gasteiger partial charge in [0, 0.05) is 5.02 Å². The zero-order chi connectivity index (χ0) is 29.4. The molecule has 15 heteroatoms. The predicted molar refractivity (Wildman–Crippen MR) is 154 cm³/mol. The number of thiazole rings is 1. The normalized spacial score (nSPS) is 11.4. The molecule has 0 aliphatic carbocycles. The molecule has 0 unspecified atom stereocenters. The molecule has 0 fully saturated rings. The highest BCUT2D eigenvalue weighted by Crippen LogP contribution is 2.34. The van der Waals surface area contributed by atoms with E-state index in [2.05, 4.69) is 10.3 Å². The van der Waals surface area contributed by atoms with Crippen LogP contribution in [-0.2, 0) is 35.1 Å². The van der Waals surface area contributed by atoms with E-state index in [0.717, 1.165) is 27.8 Å². The maximum absolute atomic E-state index is 12.7. The second-order valence-electron chi connectivity index (χ2n) is 7.91. The lowest BCUT2D eigenvalue weighted by atomic mass is 10.1. The molecule has 2 heterocycles. The third-order valence-corrected chi connectivity index (χ3v) is 8.56. The molecule has 2 amide bonds. The summed E-state index contributed by atoms with van der Waals surface area (Å²) in [6.07, 6.45) is 0. The lowest BCUT2D eigenvalue weighted by molar-refractivity contribution is -0.141. The van der Waals surface area contributed by atoms with Crippen LogP contribution in [0.15, 0.2) is 23.2 Å². The van der Waals surface area contributed by atoms with Crippen LogP contribution in [0.3, 0.4) is 0 Å². The van der Waals surface area contributed by atoms with Crippen molar-refractivity contribution in [3.63, 3.8) is 0 Å². The van der Waals surface area contributed by atoms with Crippen molar-refractivity contribution in [1.29, 1.82) is 0 Å². The highest BCUT2D eigenvalue weighted by Gasteiger charge is 2.27. The van der Waals surface area contributed by atoms with E-state index < -0.39 is 29.7 Å². The molecule has 0 saturated carbocycles. The molecule has 0 spiro atoms. The number of thiophene rings is 1. The Kier molecular flexibility index (Phi) is 11.3. The Morgan fingerprint density at radius 2 is 1.75 bits per heavy atom. The zero-order valence-corrected chi connectivity index (χ0v) is 25.2. The number of hydrogen-bond acceptors (Lipinski definition) is 11. The molecule has 0 bridgehead atoms. The summed E-state index contributed by atoms with van der Waals surface area (Å²) in [4.78, 5) is 66.6. The Morgan fingerprint density at radius 3 is 2.42 bits per heavy atom. The Balaban J connectivity index is 1.72. The van der Waals surface area contributed by atoms with Crippen molar-refractivity contribution in [2.24, 2.45) is 4.99 Å². The number of nitrogens with one attached hydrogen (secondary N) is 1. The molecule has 3 aromatic rings. The number of anilines is 1. The topological polar surface area (TPSA) is 142 Å². The number of rotatable bonds is 11. The van der Waals surface area contributed by atoms with E-state index in [1.54, 1.807) is 43.5 Å². The van der Waals surface area contributed by atoms with Gasteiger partial charge in [0.1, 0.15) is 16.4 Å². The van der Waals surface area contributed by atoms with Crippen molar-refractivity contribution < 1.29 is 38.2 Å². The summed E-state index contributed by atoms with van der Waals surface area (Å²) in [5, 5.41) is 3.29. The number of aromatic nitrogens is 1. The Labute approximate surface area is 246 Å². The molecule has 0 aliphatic heterocycles. The minimum absolute atomic E-state index is 0.0827. The molecule has 11 nitrogen and oxygen atoms in total. The number of methoxy groups -OCH3 is 1. The molecule has 1 N–H and O–H groups in total. The number of amides is 2. The standard InChI is InChI=1S/C25H26ClN3O8S3/c1-5-36-23(33)20-13(3)21(24(34)37-6-2)40-22(20)27-17(30)11-38-12-18(31)28-25-29(10-19(32)35-4)15-8-7-14(26)9-16(15)39-25/h7-9H,5-6,10-12H2,1-4H3,(H,27,30). The number of benzene rings is 1. The van der Waals surface area contributed by atoms with Crippen molar-refractivity contribution in [3.8, 4) is 0 Å². The lowest BCUT2D eigenvalue weighted by Crippen LogP contribution is -2.23. The van der Waals surface area contributed by atoms with Gasteiger partial charge in [0.2, 0.25) is 5.91 Å². The molecule has 40 heavy (non-hydrogen) atoms. The molecule has 0 aliphatic rings. The van der Waals surface area contributed by atoms with Crippen LogP contribution in [0, 0.1) is 6.92 Å². The molecule has 3 rings (SSSR count). The van der Waals surface area contributed by atoms with Gasteiger partial charge in [0.15, 0.2) is 4.80 Å². The fourth-order valence-corrected chi connectivity index (χ4v) is 6.48. The number of carbonyl (C=O) groups is 5. The van der Waals surface area contributed by atoms with Crippen molar-refractivity contribution in [2.75, 3.05) is 37.1 Å². The molecule has 2 aromatic heterocycles. The Bertz CT molecular complexity index is 1530. The minimum Gasteiger partial charge on any atom is -0.468 e. The van der Waals surface area contributed by atoms with Gasteiger partial charge in [-0.15, -0.1) is 23.1 Å². The van der Waals surface area contributed by atoms with E-state index in [9.17, 15) is 24.0 Å². The monoisotopic (exact) mass is 627 g/mol. The number of halogens is 1. The van der Waals surface area contributed by atoms with Crippen LogP contribution in [0.25, 0.3) is 10.2 Å². The van der Waals surface area contributed by atoms with E-state index in [0.29, 0.717) is 16.1 Å². The molecule has 0 atom stereocenters.